The van der Waals surface area contributed by atoms with Gasteiger partial charge in [0, 0.05) is 35.4 Å². The van der Waals surface area contributed by atoms with Gasteiger partial charge in [-0.3, -0.25) is 4.79 Å². The van der Waals surface area contributed by atoms with Crippen molar-refractivity contribution in [1.29, 1.82) is 0 Å². The molecule has 3 aromatic heterocycles. The van der Waals surface area contributed by atoms with Gasteiger partial charge in [0.25, 0.3) is 5.56 Å². The molecule has 3 N–H and O–H groups in total. The van der Waals surface area contributed by atoms with E-state index in [1.165, 1.54) is 0 Å². The molecule has 0 atom stereocenters. The summed E-state index contributed by atoms with van der Waals surface area (Å²) in [6.45, 7) is 1.86. The van der Waals surface area contributed by atoms with E-state index in [9.17, 15) is 4.79 Å². The number of imidazole rings is 1. The molecule has 18 heavy (non-hydrogen) atoms. The number of hydrogen-bond acceptors (Lipinski definition) is 3. The first-order valence-electron chi connectivity index (χ1n) is 5.57. The largest absolute Gasteiger partial charge is 0.394 e. The molecule has 0 aliphatic heterocycles. The van der Waals surface area contributed by atoms with Crippen molar-refractivity contribution in [3.8, 4) is 11.1 Å². The van der Waals surface area contributed by atoms with Gasteiger partial charge >= 0.3 is 0 Å². The Labute approximate surface area is 103 Å². The summed E-state index contributed by atoms with van der Waals surface area (Å²) in [6.07, 6.45) is 5.58. The summed E-state index contributed by atoms with van der Waals surface area (Å²) < 4.78 is 1.93. The van der Waals surface area contributed by atoms with Gasteiger partial charge in [-0.1, -0.05) is 0 Å². The maximum absolute atomic E-state index is 11.4. The molecule has 0 saturated heterocycles. The monoisotopic (exact) mass is 240 g/mol. The molecule has 90 valence electrons. The second-order valence-electron chi connectivity index (χ2n) is 4.20. The molecule has 0 spiro atoms. The van der Waals surface area contributed by atoms with Crippen molar-refractivity contribution in [2.45, 2.75) is 6.92 Å². The summed E-state index contributed by atoms with van der Waals surface area (Å²) in [5.74, 6) is 0. The van der Waals surface area contributed by atoms with Crippen LogP contribution < -0.4 is 11.3 Å². The van der Waals surface area contributed by atoms with Crippen LogP contribution in [0.4, 0.5) is 5.69 Å². The summed E-state index contributed by atoms with van der Waals surface area (Å²) in [5, 5.41) is 0. The molecule has 3 aromatic rings. The Hall–Kier alpha value is -2.56. The lowest BCUT2D eigenvalue weighted by Gasteiger charge is -2.07. The van der Waals surface area contributed by atoms with E-state index in [-0.39, 0.29) is 11.2 Å². The van der Waals surface area contributed by atoms with Crippen LogP contribution in [0.25, 0.3) is 16.8 Å². The number of nitrogen functional groups attached to an aromatic ring is 1. The standard InChI is InChI=1S/C13H12N4O/c1-8-10(6-11(14)13(18)16-8)9-2-3-12-15-4-5-17(12)7-9/h2-7H,14H2,1H3,(H,16,18). The Bertz CT molecular complexity index is 785. The lowest BCUT2D eigenvalue weighted by Crippen LogP contribution is -2.13. The molecule has 0 saturated carbocycles. The van der Waals surface area contributed by atoms with Gasteiger partial charge in [-0.2, -0.15) is 0 Å². The SMILES string of the molecule is Cc1[nH]c(=O)c(N)cc1-c1ccc2nccn2c1. The van der Waals surface area contributed by atoms with E-state index in [4.69, 9.17) is 5.73 Å². The molecule has 5 heteroatoms. The van der Waals surface area contributed by atoms with Crippen molar-refractivity contribution < 1.29 is 0 Å². The summed E-state index contributed by atoms with van der Waals surface area (Å²) >= 11 is 0. The first kappa shape index (κ1) is 10.6. The number of anilines is 1. The normalized spacial score (nSPS) is 10.9. The van der Waals surface area contributed by atoms with Crippen molar-refractivity contribution in [3.05, 3.63) is 52.8 Å². The zero-order valence-electron chi connectivity index (χ0n) is 9.84. The first-order valence-corrected chi connectivity index (χ1v) is 5.57. The molecule has 3 rings (SSSR count). The Morgan fingerprint density at radius 1 is 1.39 bits per heavy atom. The van der Waals surface area contributed by atoms with E-state index in [0.717, 1.165) is 22.5 Å². The smallest absolute Gasteiger partial charge is 0.271 e. The second-order valence-corrected chi connectivity index (χ2v) is 4.20. The lowest BCUT2D eigenvalue weighted by molar-refractivity contribution is 1.14. The number of aryl methyl sites for hydroxylation is 1. The van der Waals surface area contributed by atoms with Crippen LogP contribution in [0.2, 0.25) is 0 Å². The van der Waals surface area contributed by atoms with Gasteiger partial charge < -0.3 is 15.1 Å². The van der Waals surface area contributed by atoms with Gasteiger partial charge in [0.15, 0.2) is 0 Å². The van der Waals surface area contributed by atoms with Crippen LogP contribution in [0.3, 0.4) is 0 Å². The average molecular weight is 240 g/mol. The van der Waals surface area contributed by atoms with Crippen molar-refractivity contribution in [2.75, 3.05) is 5.73 Å². The molecule has 0 aromatic carbocycles. The molecular weight excluding hydrogens is 228 g/mol. The third-order valence-electron chi connectivity index (χ3n) is 2.97. The van der Waals surface area contributed by atoms with Crippen LogP contribution in [0.1, 0.15) is 5.69 Å². The third-order valence-corrected chi connectivity index (χ3v) is 2.97. The minimum atomic E-state index is -0.250. The van der Waals surface area contributed by atoms with Crippen molar-refractivity contribution in [2.24, 2.45) is 0 Å². The van der Waals surface area contributed by atoms with Crippen molar-refractivity contribution in [3.63, 3.8) is 0 Å². The Morgan fingerprint density at radius 2 is 2.22 bits per heavy atom. The number of H-pyrrole nitrogens is 1. The molecule has 5 nitrogen and oxygen atoms in total. The number of pyridine rings is 2. The van der Waals surface area contributed by atoms with E-state index in [1.807, 2.05) is 35.9 Å². The summed E-state index contributed by atoms with van der Waals surface area (Å²) in [4.78, 5) is 18.3. The van der Waals surface area contributed by atoms with Crippen molar-refractivity contribution in [1.82, 2.24) is 14.4 Å². The molecule has 0 amide bonds. The molecule has 0 bridgehead atoms. The Kier molecular flexibility index (Phi) is 2.19. The summed E-state index contributed by atoms with van der Waals surface area (Å²) in [5.41, 5.74) is 9.22. The third kappa shape index (κ3) is 1.57. The quantitative estimate of drug-likeness (QED) is 0.678. The average Bonchev–Trinajstić information content (AvgIpc) is 2.80. The minimum Gasteiger partial charge on any atom is -0.394 e. The number of aromatic amines is 1. The number of nitrogens with one attached hydrogen (secondary N) is 1. The van der Waals surface area contributed by atoms with Crippen LogP contribution in [-0.4, -0.2) is 14.4 Å². The number of fused-ring (bicyclic) bond motifs is 1. The van der Waals surface area contributed by atoms with Crippen LogP contribution in [0.15, 0.2) is 41.6 Å². The number of nitrogens with two attached hydrogens (primary N) is 1. The minimum absolute atomic E-state index is 0.223. The van der Waals surface area contributed by atoms with Gasteiger partial charge in [-0.05, 0) is 25.1 Å². The fourth-order valence-corrected chi connectivity index (χ4v) is 2.02. The molecule has 0 aliphatic rings. The van der Waals surface area contributed by atoms with E-state index >= 15 is 0 Å². The van der Waals surface area contributed by atoms with Crippen LogP contribution in [0, 0.1) is 6.92 Å². The highest BCUT2D eigenvalue weighted by Crippen LogP contribution is 2.22. The number of aromatic nitrogens is 3. The first-order chi connectivity index (χ1) is 8.65. The van der Waals surface area contributed by atoms with Gasteiger partial charge in [0.05, 0.1) is 5.69 Å². The van der Waals surface area contributed by atoms with E-state index in [0.29, 0.717) is 0 Å². The molecule has 0 aliphatic carbocycles. The molecular formula is C13H12N4O. The highest BCUT2D eigenvalue weighted by Gasteiger charge is 2.06. The van der Waals surface area contributed by atoms with E-state index in [2.05, 4.69) is 9.97 Å². The predicted molar refractivity (Wildman–Crippen MR) is 70.4 cm³/mol. The number of rotatable bonds is 1. The van der Waals surface area contributed by atoms with Gasteiger partial charge in [0.2, 0.25) is 0 Å². The highest BCUT2D eigenvalue weighted by atomic mass is 16.1. The topological polar surface area (TPSA) is 76.2 Å². The van der Waals surface area contributed by atoms with Gasteiger partial charge in [0.1, 0.15) is 5.65 Å². The molecule has 3 heterocycles. The highest BCUT2D eigenvalue weighted by molar-refractivity contribution is 5.69. The number of nitrogens with zero attached hydrogens (tertiary/aromatic N) is 2. The predicted octanol–water partition coefficient (Wildman–Crippen LogP) is 1.58. The van der Waals surface area contributed by atoms with Gasteiger partial charge in [-0.15, -0.1) is 0 Å². The molecule has 0 radical (unpaired) electrons. The van der Waals surface area contributed by atoms with Crippen LogP contribution >= 0.6 is 0 Å². The van der Waals surface area contributed by atoms with Crippen molar-refractivity contribution >= 4 is 11.3 Å². The van der Waals surface area contributed by atoms with Crippen LogP contribution in [0.5, 0.6) is 0 Å². The van der Waals surface area contributed by atoms with Crippen LogP contribution in [-0.2, 0) is 0 Å². The number of hydrogen-bond donors (Lipinski definition) is 2. The maximum atomic E-state index is 11.4. The Morgan fingerprint density at radius 3 is 3.06 bits per heavy atom. The maximum Gasteiger partial charge on any atom is 0.271 e. The second kappa shape index (κ2) is 3.73. The summed E-state index contributed by atoms with van der Waals surface area (Å²) in [7, 11) is 0. The molecule has 0 unspecified atom stereocenters. The van der Waals surface area contributed by atoms with E-state index < -0.39 is 0 Å². The fourth-order valence-electron chi connectivity index (χ4n) is 2.02. The Balaban J connectivity index is 2.25. The lowest BCUT2D eigenvalue weighted by atomic mass is 10.1. The zero-order chi connectivity index (χ0) is 12.7. The fraction of sp³-hybridized carbons (Fsp3) is 0.0769. The van der Waals surface area contributed by atoms with Gasteiger partial charge in [-0.25, -0.2) is 4.98 Å². The van der Waals surface area contributed by atoms with E-state index in [1.54, 1.807) is 12.3 Å². The summed E-state index contributed by atoms with van der Waals surface area (Å²) in [6, 6.07) is 5.59. The molecule has 0 fully saturated rings. The zero-order valence-corrected chi connectivity index (χ0v) is 9.84.